The number of nitrogens with one attached hydrogen (secondary N) is 1. The van der Waals surface area contributed by atoms with Crippen molar-refractivity contribution in [2.75, 3.05) is 32.2 Å². The van der Waals surface area contributed by atoms with E-state index in [9.17, 15) is 9.59 Å². The molecule has 2 aromatic rings. The summed E-state index contributed by atoms with van der Waals surface area (Å²) in [6.07, 6.45) is 1.00. The minimum absolute atomic E-state index is 0.00407. The third-order valence-corrected chi connectivity index (χ3v) is 4.48. The number of fused-ring (bicyclic) bond motifs is 1. The van der Waals surface area contributed by atoms with Crippen LogP contribution in [0.4, 0.5) is 5.82 Å². The highest BCUT2D eigenvalue weighted by atomic mass is 16.5. The van der Waals surface area contributed by atoms with Gasteiger partial charge in [0.1, 0.15) is 12.4 Å². The first-order valence-corrected chi connectivity index (χ1v) is 8.84. The van der Waals surface area contributed by atoms with E-state index in [1.165, 1.54) is 4.90 Å². The van der Waals surface area contributed by atoms with E-state index in [1.54, 1.807) is 18.9 Å². The van der Waals surface area contributed by atoms with Crippen molar-refractivity contribution in [1.29, 1.82) is 0 Å². The highest BCUT2D eigenvalue weighted by Gasteiger charge is 2.27. The normalized spacial score (nSPS) is 13.3. The molecule has 1 aromatic carbocycles. The van der Waals surface area contributed by atoms with Crippen molar-refractivity contribution < 1.29 is 19.1 Å². The first kappa shape index (κ1) is 18.8. The van der Waals surface area contributed by atoms with Crippen molar-refractivity contribution in [3.63, 3.8) is 0 Å². The zero-order valence-electron chi connectivity index (χ0n) is 15.8. The lowest BCUT2D eigenvalue weighted by atomic mass is 10.1. The average molecular weight is 372 g/mol. The number of anilines is 1. The van der Waals surface area contributed by atoms with E-state index in [0.29, 0.717) is 43.2 Å². The number of rotatable bonds is 7. The Hall–Kier alpha value is -3.03. The lowest BCUT2D eigenvalue weighted by molar-refractivity contribution is -0.124. The summed E-state index contributed by atoms with van der Waals surface area (Å²) in [5, 5.41) is 7.21. The highest BCUT2D eigenvalue weighted by molar-refractivity contribution is 5.98. The largest absolute Gasteiger partial charge is 0.493 e. The first-order valence-electron chi connectivity index (χ1n) is 8.84. The summed E-state index contributed by atoms with van der Waals surface area (Å²) in [4.78, 5) is 26.0. The van der Waals surface area contributed by atoms with Gasteiger partial charge in [0.25, 0.3) is 0 Å². The van der Waals surface area contributed by atoms with Gasteiger partial charge in [0.05, 0.1) is 26.5 Å². The Kier molecular flexibility index (Phi) is 5.63. The van der Waals surface area contributed by atoms with E-state index in [-0.39, 0.29) is 18.4 Å². The maximum atomic E-state index is 12.3. The van der Waals surface area contributed by atoms with Crippen LogP contribution in [0.1, 0.15) is 17.7 Å². The van der Waals surface area contributed by atoms with Crippen LogP contribution in [-0.4, -0.2) is 48.9 Å². The van der Waals surface area contributed by atoms with Crippen LogP contribution >= 0.6 is 0 Å². The third kappa shape index (κ3) is 4.21. The third-order valence-electron chi connectivity index (χ3n) is 4.48. The van der Waals surface area contributed by atoms with Crippen LogP contribution in [-0.2, 0) is 22.6 Å². The van der Waals surface area contributed by atoms with Crippen molar-refractivity contribution in [2.24, 2.45) is 0 Å². The summed E-state index contributed by atoms with van der Waals surface area (Å²) < 4.78 is 12.3. The van der Waals surface area contributed by atoms with Crippen LogP contribution in [0, 0.1) is 6.92 Å². The molecule has 2 amide bonds. The standard InChI is InChI=1S/C19H24N4O4/c1-13-10-18-22(19(25)7-9-23(18)21-13)12-17(24)20-8-6-14-4-5-15(26-2)16(11-14)27-3/h4-5,10-11H,6-9,12H2,1-3H3,(H,20,24). The Bertz CT molecular complexity index is 846. The molecule has 0 unspecified atom stereocenters. The number of benzene rings is 1. The number of aryl methyl sites for hydroxylation is 2. The number of carbonyl (C=O) groups excluding carboxylic acids is 2. The number of methoxy groups -OCH3 is 2. The molecule has 27 heavy (non-hydrogen) atoms. The molecular formula is C19H24N4O4. The Morgan fingerprint density at radius 3 is 2.74 bits per heavy atom. The molecule has 144 valence electrons. The monoisotopic (exact) mass is 372 g/mol. The Morgan fingerprint density at radius 1 is 1.22 bits per heavy atom. The van der Waals surface area contributed by atoms with Gasteiger partial charge < -0.3 is 14.8 Å². The summed E-state index contributed by atoms with van der Waals surface area (Å²) in [6.45, 7) is 2.89. The predicted molar refractivity (Wildman–Crippen MR) is 100 cm³/mol. The van der Waals surface area contributed by atoms with E-state index in [4.69, 9.17) is 9.47 Å². The molecule has 1 aliphatic rings. The van der Waals surface area contributed by atoms with Gasteiger partial charge in [-0.2, -0.15) is 5.10 Å². The molecule has 8 nitrogen and oxygen atoms in total. The minimum atomic E-state index is -0.198. The fourth-order valence-electron chi connectivity index (χ4n) is 3.13. The van der Waals surface area contributed by atoms with Gasteiger partial charge in [-0.3, -0.25) is 14.5 Å². The van der Waals surface area contributed by atoms with Crippen LogP contribution in [0.25, 0.3) is 0 Å². The zero-order chi connectivity index (χ0) is 19.4. The molecule has 0 spiro atoms. The van der Waals surface area contributed by atoms with Crippen LogP contribution < -0.4 is 19.7 Å². The van der Waals surface area contributed by atoms with Gasteiger partial charge in [-0.1, -0.05) is 6.07 Å². The predicted octanol–water partition coefficient (Wildman–Crippen LogP) is 1.30. The summed E-state index contributed by atoms with van der Waals surface area (Å²) in [5.41, 5.74) is 1.86. The number of nitrogens with zero attached hydrogens (tertiary/aromatic N) is 3. The Morgan fingerprint density at radius 2 is 2.00 bits per heavy atom. The molecule has 0 saturated heterocycles. The van der Waals surface area contributed by atoms with Crippen LogP contribution in [0.3, 0.4) is 0 Å². The number of aromatic nitrogens is 2. The van der Waals surface area contributed by atoms with Crippen LogP contribution in [0.5, 0.6) is 11.5 Å². The van der Waals surface area contributed by atoms with Gasteiger partial charge in [-0.05, 0) is 31.0 Å². The van der Waals surface area contributed by atoms with Gasteiger partial charge in [-0.15, -0.1) is 0 Å². The molecule has 0 bridgehead atoms. The molecular weight excluding hydrogens is 348 g/mol. The molecule has 0 aliphatic carbocycles. The summed E-state index contributed by atoms with van der Waals surface area (Å²) in [7, 11) is 3.18. The minimum Gasteiger partial charge on any atom is -0.493 e. The van der Waals surface area contributed by atoms with Gasteiger partial charge in [0, 0.05) is 19.0 Å². The fourth-order valence-corrected chi connectivity index (χ4v) is 3.13. The van der Waals surface area contributed by atoms with Crippen LogP contribution in [0.2, 0.25) is 0 Å². The number of hydrogen-bond acceptors (Lipinski definition) is 5. The SMILES string of the molecule is COc1ccc(CCNC(=O)CN2C(=O)CCn3nc(C)cc32)cc1OC. The maximum absolute atomic E-state index is 12.3. The maximum Gasteiger partial charge on any atom is 0.240 e. The number of ether oxygens (including phenoxy) is 2. The van der Waals surface area contributed by atoms with E-state index in [0.717, 1.165) is 11.3 Å². The number of amides is 2. The second kappa shape index (κ2) is 8.11. The Labute approximate surface area is 158 Å². The summed E-state index contributed by atoms with van der Waals surface area (Å²) in [5.74, 6) is 1.75. The molecule has 0 atom stereocenters. The van der Waals surface area contributed by atoms with Crippen molar-refractivity contribution in [2.45, 2.75) is 26.3 Å². The molecule has 3 rings (SSSR count). The second-order valence-corrected chi connectivity index (χ2v) is 6.39. The van der Waals surface area contributed by atoms with Crippen LogP contribution in [0.15, 0.2) is 24.3 Å². The van der Waals surface area contributed by atoms with Crippen molar-refractivity contribution in [3.05, 3.63) is 35.5 Å². The first-order chi connectivity index (χ1) is 13.0. The summed E-state index contributed by atoms with van der Waals surface area (Å²) in [6, 6.07) is 7.49. The lowest BCUT2D eigenvalue weighted by Gasteiger charge is -2.26. The second-order valence-electron chi connectivity index (χ2n) is 6.39. The van der Waals surface area contributed by atoms with Gasteiger partial charge in [0.15, 0.2) is 11.5 Å². The molecule has 1 aliphatic heterocycles. The lowest BCUT2D eigenvalue weighted by Crippen LogP contribution is -2.44. The highest BCUT2D eigenvalue weighted by Crippen LogP contribution is 2.27. The number of carbonyl (C=O) groups is 2. The topological polar surface area (TPSA) is 85.7 Å². The van der Waals surface area contributed by atoms with E-state index < -0.39 is 0 Å². The van der Waals surface area contributed by atoms with Crippen molar-refractivity contribution >= 4 is 17.6 Å². The molecule has 0 saturated carbocycles. The smallest absolute Gasteiger partial charge is 0.240 e. The van der Waals surface area contributed by atoms with Crippen molar-refractivity contribution in [3.8, 4) is 11.5 Å². The van der Waals surface area contributed by atoms with Crippen molar-refractivity contribution in [1.82, 2.24) is 15.1 Å². The van der Waals surface area contributed by atoms with Gasteiger partial charge >= 0.3 is 0 Å². The molecule has 1 N–H and O–H groups in total. The Balaban J connectivity index is 1.55. The zero-order valence-corrected chi connectivity index (χ0v) is 15.8. The molecule has 2 heterocycles. The fraction of sp³-hybridized carbons (Fsp3) is 0.421. The quantitative estimate of drug-likeness (QED) is 0.792. The number of hydrogen-bond donors (Lipinski definition) is 1. The van der Waals surface area contributed by atoms with Gasteiger partial charge in [-0.25, -0.2) is 4.68 Å². The summed E-state index contributed by atoms with van der Waals surface area (Å²) >= 11 is 0. The van der Waals surface area contributed by atoms with E-state index in [1.807, 2.05) is 31.2 Å². The molecule has 1 aromatic heterocycles. The molecule has 8 heteroatoms. The average Bonchev–Trinajstić information content (AvgIpc) is 3.04. The van der Waals surface area contributed by atoms with E-state index >= 15 is 0 Å². The van der Waals surface area contributed by atoms with E-state index in [2.05, 4.69) is 10.4 Å². The molecule has 0 radical (unpaired) electrons. The van der Waals surface area contributed by atoms with Gasteiger partial charge in [0.2, 0.25) is 11.8 Å². The molecule has 0 fully saturated rings.